The third kappa shape index (κ3) is 4.12. The second-order valence-corrected chi connectivity index (χ2v) is 9.15. The van der Waals surface area contributed by atoms with E-state index in [0.29, 0.717) is 41.4 Å². The summed E-state index contributed by atoms with van der Waals surface area (Å²) >= 11 is 19.1. The van der Waals surface area contributed by atoms with Gasteiger partial charge in [0.25, 0.3) is 0 Å². The van der Waals surface area contributed by atoms with Crippen molar-refractivity contribution in [1.29, 1.82) is 0 Å². The number of rotatable bonds is 4. The third-order valence-corrected chi connectivity index (χ3v) is 6.39. The number of carbonyl (C=O) groups is 2. The molecule has 0 bridgehead atoms. The highest BCUT2D eigenvalue weighted by Crippen LogP contribution is 2.37. The highest BCUT2D eigenvalue weighted by atomic mass is 79.9. The lowest BCUT2D eigenvalue weighted by Crippen LogP contribution is -2.01. The van der Waals surface area contributed by atoms with Gasteiger partial charge in [-0.15, -0.1) is 0 Å². The van der Waals surface area contributed by atoms with Crippen LogP contribution in [0.2, 0.25) is 10.0 Å². The molecule has 3 aromatic rings. The van der Waals surface area contributed by atoms with Crippen LogP contribution in [0.3, 0.4) is 0 Å². The zero-order chi connectivity index (χ0) is 21.4. The fraction of sp³-hybridized carbons (Fsp3) is 0.0435. The number of fused-ring (bicyclic) bond motifs is 1. The van der Waals surface area contributed by atoms with Gasteiger partial charge in [-0.1, -0.05) is 53.5 Å². The van der Waals surface area contributed by atoms with Crippen LogP contribution in [-0.2, 0) is 6.61 Å². The van der Waals surface area contributed by atoms with E-state index in [0.717, 1.165) is 5.56 Å². The monoisotopic (exact) mass is 564 g/mol. The van der Waals surface area contributed by atoms with Gasteiger partial charge < -0.3 is 4.74 Å². The van der Waals surface area contributed by atoms with Gasteiger partial charge in [-0.2, -0.15) is 0 Å². The van der Waals surface area contributed by atoms with E-state index in [1.807, 2.05) is 0 Å². The first-order chi connectivity index (χ1) is 14.3. The molecule has 7 heteroatoms. The van der Waals surface area contributed by atoms with E-state index in [1.54, 1.807) is 60.7 Å². The Morgan fingerprint density at radius 1 is 0.867 bits per heavy atom. The second-order valence-electron chi connectivity index (χ2n) is 6.60. The van der Waals surface area contributed by atoms with Gasteiger partial charge in [0.15, 0.2) is 11.6 Å². The Morgan fingerprint density at radius 3 is 2.03 bits per heavy atom. The first-order valence-electron chi connectivity index (χ1n) is 8.81. The topological polar surface area (TPSA) is 43.4 Å². The zero-order valence-electron chi connectivity index (χ0n) is 15.2. The van der Waals surface area contributed by atoms with Crippen LogP contribution < -0.4 is 4.74 Å². The van der Waals surface area contributed by atoms with Crippen molar-refractivity contribution in [1.82, 2.24) is 0 Å². The molecule has 0 N–H and O–H groups in total. The molecule has 1 aliphatic rings. The molecule has 30 heavy (non-hydrogen) atoms. The summed E-state index contributed by atoms with van der Waals surface area (Å²) < 4.78 is 7.26. The SMILES string of the molecule is O=C1C(=Cc2cc(Br)c(OCc3ccc(Cl)cc3Cl)c(Br)c2)C(=O)c2ccccc21. The average molecular weight is 567 g/mol. The summed E-state index contributed by atoms with van der Waals surface area (Å²) in [6, 6.07) is 15.6. The average Bonchev–Trinajstić information content (AvgIpc) is 2.94. The molecule has 0 aromatic heterocycles. The number of Topliss-reactive ketones (excluding diaryl/α,β-unsaturated/α-hetero) is 2. The summed E-state index contributed by atoms with van der Waals surface area (Å²) in [4.78, 5) is 25.2. The lowest BCUT2D eigenvalue weighted by atomic mass is 10.1. The van der Waals surface area contributed by atoms with Crippen molar-refractivity contribution >= 4 is 72.7 Å². The molecule has 0 spiro atoms. The third-order valence-electron chi connectivity index (χ3n) is 4.62. The quantitative estimate of drug-likeness (QED) is 0.242. The Balaban J connectivity index is 1.60. The van der Waals surface area contributed by atoms with Gasteiger partial charge in [0.2, 0.25) is 0 Å². The number of ether oxygens (including phenoxy) is 1. The number of halogens is 4. The van der Waals surface area contributed by atoms with E-state index in [2.05, 4.69) is 31.9 Å². The molecule has 0 saturated heterocycles. The van der Waals surface area contributed by atoms with Gasteiger partial charge in [0.1, 0.15) is 12.4 Å². The molecule has 4 rings (SSSR count). The molecule has 0 atom stereocenters. The molecule has 0 amide bonds. The zero-order valence-corrected chi connectivity index (χ0v) is 19.9. The van der Waals surface area contributed by atoms with E-state index >= 15 is 0 Å². The first kappa shape index (κ1) is 21.3. The van der Waals surface area contributed by atoms with E-state index < -0.39 is 0 Å². The molecule has 0 fully saturated rings. The Bertz CT molecular complexity index is 1170. The molecule has 0 aliphatic heterocycles. The van der Waals surface area contributed by atoms with Crippen LogP contribution in [0.4, 0.5) is 0 Å². The Labute approximate surface area is 199 Å². The summed E-state index contributed by atoms with van der Waals surface area (Å²) in [6.45, 7) is 0.250. The summed E-state index contributed by atoms with van der Waals surface area (Å²) in [6.07, 6.45) is 1.60. The maximum absolute atomic E-state index is 12.6. The molecule has 0 saturated carbocycles. The maximum Gasteiger partial charge on any atom is 0.197 e. The van der Waals surface area contributed by atoms with E-state index in [-0.39, 0.29) is 23.7 Å². The number of carbonyl (C=O) groups excluding carboxylic acids is 2. The van der Waals surface area contributed by atoms with Crippen molar-refractivity contribution in [3.05, 3.63) is 101 Å². The Hall–Kier alpha value is -1.92. The number of hydrogen-bond donors (Lipinski definition) is 0. The lowest BCUT2D eigenvalue weighted by Gasteiger charge is -2.12. The van der Waals surface area contributed by atoms with Crippen LogP contribution in [0.1, 0.15) is 31.8 Å². The molecule has 0 radical (unpaired) electrons. The first-order valence-corrected chi connectivity index (χ1v) is 11.1. The smallest absolute Gasteiger partial charge is 0.197 e. The van der Waals surface area contributed by atoms with Crippen molar-refractivity contribution in [2.75, 3.05) is 0 Å². The number of hydrogen-bond acceptors (Lipinski definition) is 3. The molecule has 1 aliphatic carbocycles. The van der Waals surface area contributed by atoms with Gasteiger partial charge in [-0.25, -0.2) is 0 Å². The van der Waals surface area contributed by atoms with Gasteiger partial charge in [-0.05, 0) is 67.8 Å². The van der Waals surface area contributed by atoms with Crippen LogP contribution in [0, 0.1) is 0 Å². The minimum absolute atomic E-state index is 0.150. The van der Waals surface area contributed by atoms with Gasteiger partial charge in [0.05, 0.1) is 14.5 Å². The molecular weight excluding hydrogens is 555 g/mol. The minimum Gasteiger partial charge on any atom is -0.486 e. The van der Waals surface area contributed by atoms with Crippen LogP contribution in [0.5, 0.6) is 5.75 Å². The van der Waals surface area contributed by atoms with Crippen molar-refractivity contribution in [3.63, 3.8) is 0 Å². The van der Waals surface area contributed by atoms with Crippen molar-refractivity contribution in [3.8, 4) is 5.75 Å². The van der Waals surface area contributed by atoms with Crippen LogP contribution in [0.25, 0.3) is 6.08 Å². The standard InChI is InChI=1S/C23H12Br2Cl2O3/c24-18-8-12(7-17-21(28)15-3-1-2-4-16(15)22(17)29)9-19(25)23(18)30-11-13-5-6-14(26)10-20(13)27/h1-10H,11H2. The highest BCUT2D eigenvalue weighted by Gasteiger charge is 2.32. The molecule has 3 nitrogen and oxygen atoms in total. The predicted octanol–water partition coefficient (Wildman–Crippen LogP) is 7.56. The van der Waals surface area contributed by atoms with Gasteiger partial charge in [-0.3, -0.25) is 9.59 Å². The van der Waals surface area contributed by atoms with Gasteiger partial charge >= 0.3 is 0 Å². The molecule has 0 unspecified atom stereocenters. The fourth-order valence-electron chi connectivity index (χ4n) is 3.16. The number of benzene rings is 3. The molecule has 3 aromatic carbocycles. The second kappa shape index (κ2) is 8.67. The number of allylic oxidation sites excluding steroid dienone is 1. The summed E-state index contributed by atoms with van der Waals surface area (Å²) in [5.41, 5.74) is 2.51. The van der Waals surface area contributed by atoms with Crippen molar-refractivity contribution in [2.45, 2.75) is 6.61 Å². The predicted molar refractivity (Wildman–Crippen MR) is 126 cm³/mol. The lowest BCUT2D eigenvalue weighted by molar-refractivity contribution is 0.0990. The van der Waals surface area contributed by atoms with E-state index in [4.69, 9.17) is 27.9 Å². The van der Waals surface area contributed by atoms with Crippen molar-refractivity contribution in [2.24, 2.45) is 0 Å². The molecule has 0 heterocycles. The summed E-state index contributed by atoms with van der Waals surface area (Å²) in [5.74, 6) is 0.0524. The molecular formula is C23H12Br2Cl2O3. The van der Waals surface area contributed by atoms with Crippen LogP contribution in [-0.4, -0.2) is 11.6 Å². The molecule has 150 valence electrons. The fourth-order valence-corrected chi connectivity index (χ4v) is 5.07. The van der Waals surface area contributed by atoms with Crippen LogP contribution in [0.15, 0.2) is 69.1 Å². The normalized spacial score (nSPS) is 12.9. The highest BCUT2D eigenvalue weighted by molar-refractivity contribution is 9.11. The minimum atomic E-state index is -0.263. The maximum atomic E-state index is 12.6. The van der Waals surface area contributed by atoms with E-state index in [1.165, 1.54) is 0 Å². The van der Waals surface area contributed by atoms with Crippen molar-refractivity contribution < 1.29 is 14.3 Å². The summed E-state index contributed by atoms with van der Waals surface area (Å²) in [7, 11) is 0. The van der Waals surface area contributed by atoms with Crippen LogP contribution >= 0.6 is 55.1 Å². The van der Waals surface area contributed by atoms with E-state index in [9.17, 15) is 9.59 Å². The summed E-state index contributed by atoms with van der Waals surface area (Å²) in [5, 5.41) is 1.08. The number of ketones is 2. The Kier molecular flexibility index (Phi) is 6.16. The Morgan fingerprint density at radius 2 is 1.47 bits per heavy atom. The largest absolute Gasteiger partial charge is 0.486 e. The van der Waals surface area contributed by atoms with Gasteiger partial charge in [0, 0.05) is 26.7 Å².